The summed E-state index contributed by atoms with van der Waals surface area (Å²) in [4.78, 5) is 2.73. The van der Waals surface area contributed by atoms with Gasteiger partial charge in [0.1, 0.15) is 0 Å². The Hall–Kier alpha value is -0.120. The Balaban J connectivity index is 1.83. The van der Waals surface area contributed by atoms with Gasteiger partial charge in [0.25, 0.3) is 0 Å². The number of hydrogen-bond acceptors (Lipinski definition) is 3. The Morgan fingerprint density at radius 1 is 1.47 bits per heavy atom. The van der Waals surface area contributed by atoms with Crippen LogP contribution < -0.4 is 5.32 Å². The maximum atomic E-state index is 5.45. The number of piperidine rings is 1. The molecule has 0 radical (unpaired) electrons. The molecule has 0 bridgehead atoms. The average Bonchev–Trinajstić information content (AvgIpc) is 2.67. The van der Waals surface area contributed by atoms with Gasteiger partial charge in [-0.3, -0.25) is 4.90 Å². The van der Waals surface area contributed by atoms with Gasteiger partial charge in [-0.15, -0.1) is 0 Å². The summed E-state index contributed by atoms with van der Waals surface area (Å²) in [6.45, 7) is 11.1. The maximum absolute atomic E-state index is 5.45. The Labute approximate surface area is 106 Å². The third-order valence-electron chi connectivity index (χ3n) is 4.34. The maximum Gasteiger partial charge on any atom is 0.0478 e. The summed E-state index contributed by atoms with van der Waals surface area (Å²) in [5.74, 6) is 0.830. The zero-order chi connectivity index (χ0) is 12.1. The number of nitrogens with one attached hydrogen (secondary N) is 1. The van der Waals surface area contributed by atoms with Gasteiger partial charge < -0.3 is 10.1 Å². The molecule has 0 aromatic heterocycles. The van der Waals surface area contributed by atoms with Crippen molar-refractivity contribution in [2.75, 3.05) is 39.4 Å². The second kappa shape index (κ2) is 6.17. The fourth-order valence-electron chi connectivity index (χ4n) is 3.62. The topological polar surface area (TPSA) is 24.5 Å². The molecular formula is C14H28N2O. The highest BCUT2D eigenvalue weighted by Crippen LogP contribution is 2.36. The van der Waals surface area contributed by atoms with Crippen molar-refractivity contribution in [3.8, 4) is 0 Å². The molecule has 2 atom stereocenters. The van der Waals surface area contributed by atoms with Crippen molar-refractivity contribution in [2.24, 2.45) is 5.92 Å². The van der Waals surface area contributed by atoms with Crippen LogP contribution in [0.2, 0.25) is 0 Å². The van der Waals surface area contributed by atoms with Gasteiger partial charge in [0.2, 0.25) is 0 Å². The lowest BCUT2D eigenvalue weighted by Crippen LogP contribution is -2.56. The van der Waals surface area contributed by atoms with E-state index in [0.717, 1.165) is 19.1 Å². The molecule has 0 aromatic carbocycles. The molecule has 0 aromatic rings. The first-order valence-electron chi connectivity index (χ1n) is 7.30. The lowest BCUT2D eigenvalue weighted by atomic mass is 9.82. The van der Waals surface area contributed by atoms with Crippen LogP contribution in [0.15, 0.2) is 0 Å². The van der Waals surface area contributed by atoms with Crippen LogP contribution in [0.25, 0.3) is 0 Å². The van der Waals surface area contributed by atoms with E-state index in [0.29, 0.717) is 5.54 Å². The Kier molecular flexibility index (Phi) is 4.83. The summed E-state index contributed by atoms with van der Waals surface area (Å²) in [7, 11) is 0. The van der Waals surface area contributed by atoms with E-state index in [-0.39, 0.29) is 0 Å². The van der Waals surface area contributed by atoms with Gasteiger partial charge in [-0.25, -0.2) is 0 Å². The van der Waals surface area contributed by atoms with Crippen molar-refractivity contribution >= 4 is 0 Å². The van der Waals surface area contributed by atoms with Gasteiger partial charge in [-0.05, 0) is 51.6 Å². The third-order valence-corrected chi connectivity index (χ3v) is 4.34. The summed E-state index contributed by atoms with van der Waals surface area (Å²) in [5, 5.41) is 3.63. The lowest BCUT2D eigenvalue weighted by molar-refractivity contribution is 0.0687. The lowest BCUT2D eigenvalue weighted by Gasteiger charge is -2.44. The molecule has 3 heteroatoms. The highest BCUT2D eigenvalue weighted by atomic mass is 16.5. The van der Waals surface area contributed by atoms with E-state index < -0.39 is 0 Å². The van der Waals surface area contributed by atoms with Gasteiger partial charge in [0, 0.05) is 31.8 Å². The molecule has 2 rings (SSSR count). The van der Waals surface area contributed by atoms with Crippen LogP contribution in [0.5, 0.6) is 0 Å². The quantitative estimate of drug-likeness (QED) is 0.743. The number of hydrogen-bond donors (Lipinski definition) is 1. The fraction of sp³-hybridized carbons (Fsp3) is 1.00. The molecular weight excluding hydrogens is 212 g/mol. The van der Waals surface area contributed by atoms with Crippen LogP contribution in [0.4, 0.5) is 0 Å². The van der Waals surface area contributed by atoms with Crippen LogP contribution in [0, 0.1) is 5.92 Å². The molecule has 2 fully saturated rings. The minimum absolute atomic E-state index is 0.476. The summed E-state index contributed by atoms with van der Waals surface area (Å²) in [5.41, 5.74) is 0.476. The molecule has 3 nitrogen and oxygen atoms in total. The molecule has 0 amide bonds. The second-order valence-corrected chi connectivity index (χ2v) is 5.81. The zero-order valence-electron chi connectivity index (χ0n) is 11.5. The van der Waals surface area contributed by atoms with Gasteiger partial charge in [0.15, 0.2) is 0 Å². The molecule has 0 aliphatic carbocycles. The van der Waals surface area contributed by atoms with E-state index in [1.807, 2.05) is 0 Å². The van der Waals surface area contributed by atoms with Crippen LogP contribution in [0.1, 0.15) is 39.5 Å². The van der Waals surface area contributed by atoms with Crippen LogP contribution in [-0.2, 0) is 4.74 Å². The Morgan fingerprint density at radius 2 is 2.35 bits per heavy atom. The van der Waals surface area contributed by atoms with Crippen molar-refractivity contribution in [1.82, 2.24) is 10.2 Å². The monoisotopic (exact) mass is 240 g/mol. The number of rotatable bonds is 5. The van der Waals surface area contributed by atoms with E-state index in [2.05, 4.69) is 24.1 Å². The highest BCUT2D eigenvalue weighted by molar-refractivity contribution is 5.00. The van der Waals surface area contributed by atoms with E-state index >= 15 is 0 Å². The summed E-state index contributed by atoms with van der Waals surface area (Å²) >= 11 is 0. The van der Waals surface area contributed by atoms with Crippen molar-refractivity contribution in [2.45, 2.75) is 45.1 Å². The summed E-state index contributed by atoms with van der Waals surface area (Å²) in [6, 6.07) is 0. The molecule has 2 aliphatic rings. The molecule has 17 heavy (non-hydrogen) atoms. The van der Waals surface area contributed by atoms with Gasteiger partial charge in [-0.2, -0.15) is 0 Å². The average molecular weight is 240 g/mol. The number of ether oxygens (including phenoxy) is 1. The van der Waals surface area contributed by atoms with Crippen molar-refractivity contribution in [1.29, 1.82) is 0 Å². The van der Waals surface area contributed by atoms with Gasteiger partial charge in [-0.1, -0.05) is 6.92 Å². The molecule has 2 heterocycles. The first kappa shape index (κ1) is 13.3. The van der Waals surface area contributed by atoms with Gasteiger partial charge in [0.05, 0.1) is 0 Å². The second-order valence-electron chi connectivity index (χ2n) is 5.81. The number of likely N-dealkylation sites (tertiary alicyclic amines) is 1. The Bertz CT molecular complexity index is 234. The largest absolute Gasteiger partial charge is 0.382 e. The van der Waals surface area contributed by atoms with Crippen molar-refractivity contribution < 1.29 is 4.74 Å². The Morgan fingerprint density at radius 3 is 3.12 bits per heavy atom. The standard InChI is InChI=1S/C14H28N2O/c1-3-17-9-5-8-16-7-4-6-14(16)10-13(2)11-15-12-14/h13,15H,3-12H2,1-2H3. The molecule has 1 N–H and O–H groups in total. The smallest absolute Gasteiger partial charge is 0.0478 e. The van der Waals surface area contributed by atoms with Crippen molar-refractivity contribution in [3.05, 3.63) is 0 Å². The molecule has 100 valence electrons. The highest BCUT2D eigenvalue weighted by Gasteiger charge is 2.42. The van der Waals surface area contributed by atoms with Crippen LogP contribution in [0.3, 0.4) is 0 Å². The van der Waals surface area contributed by atoms with E-state index in [9.17, 15) is 0 Å². The third kappa shape index (κ3) is 3.21. The minimum atomic E-state index is 0.476. The van der Waals surface area contributed by atoms with Crippen molar-refractivity contribution in [3.63, 3.8) is 0 Å². The predicted octanol–water partition coefficient (Wildman–Crippen LogP) is 1.88. The number of nitrogens with zero attached hydrogens (tertiary/aromatic N) is 1. The SMILES string of the molecule is CCOCCCN1CCCC12CNCC(C)C2. The summed E-state index contributed by atoms with van der Waals surface area (Å²) < 4.78 is 5.45. The normalized spacial score (nSPS) is 34.6. The molecule has 2 aliphatic heterocycles. The van der Waals surface area contributed by atoms with Crippen LogP contribution >= 0.6 is 0 Å². The molecule has 2 unspecified atom stereocenters. The first-order chi connectivity index (χ1) is 8.27. The molecule has 1 spiro atoms. The predicted molar refractivity (Wildman–Crippen MR) is 71.3 cm³/mol. The van der Waals surface area contributed by atoms with E-state index in [1.165, 1.54) is 51.9 Å². The van der Waals surface area contributed by atoms with Crippen LogP contribution in [-0.4, -0.2) is 49.8 Å². The fourth-order valence-corrected chi connectivity index (χ4v) is 3.62. The zero-order valence-corrected chi connectivity index (χ0v) is 11.5. The van der Waals surface area contributed by atoms with E-state index in [1.54, 1.807) is 0 Å². The van der Waals surface area contributed by atoms with E-state index in [4.69, 9.17) is 4.74 Å². The first-order valence-corrected chi connectivity index (χ1v) is 7.30. The summed E-state index contributed by atoms with van der Waals surface area (Å²) in [6.07, 6.45) is 5.33. The van der Waals surface area contributed by atoms with Gasteiger partial charge >= 0.3 is 0 Å². The molecule has 0 saturated carbocycles. The minimum Gasteiger partial charge on any atom is -0.382 e. The molecule has 2 saturated heterocycles.